The quantitative estimate of drug-likeness (QED) is 0.370. The van der Waals surface area contributed by atoms with Crippen LogP contribution < -0.4 is 0 Å². The Morgan fingerprint density at radius 3 is 2.36 bits per heavy atom. The van der Waals surface area contributed by atoms with E-state index in [1.165, 1.54) is 30.5 Å². The van der Waals surface area contributed by atoms with Crippen LogP contribution in [0.1, 0.15) is 26.2 Å². The Morgan fingerprint density at radius 1 is 1.18 bits per heavy atom. The predicted octanol–water partition coefficient (Wildman–Crippen LogP) is 6.35. The Morgan fingerprint density at radius 2 is 1.82 bits per heavy atom. The number of allylic oxidation sites excluding steroid dienone is 1. The third kappa shape index (κ3) is 9.11. The van der Waals surface area contributed by atoms with E-state index in [4.69, 9.17) is 4.74 Å². The van der Waals surface area contributed by atoms with Crippen molar-refractivity contribution in [2.24, 2.45) is 5.92 Å². The van der Waals surface area contributed by atoms with Crippen LogP contribution in [0, 0.1) is 5.92 Å². The van der Waals surface area contributed by atoms with Crippen LogP contribution in [-0.4, -0.2) is 28.4 Å². The van der Waals surface area contributed by atoms with E-state index in [9.17, 15) is 0 Å². The minimum absolute atomic E-state index is 0.364. The lowest BCUT2D eigenvalue weighted by molar-refractivity contribution is 0.00250. The largest absolute Gasteiger partial charge is 0.371 e. The summed E-state index contributed by atoms with van der Waals surface area (Å²) in [6, 6.07) is 2.51. The second kappa shape index (κ2) is 8.12. The molecule has 0 aromatic heterocycles. The first kappa shape index (κ1) is 19.9. The molecule has 0 spiro atoms. The fourth-order valence-corrected chi connectivity index (χ4v) is 6.53. The number of hydrogen-bond donors (Lipinski definition) is 0. The third-order valence-corrected chi connectivity index (χ3v) is 7.20. The molecule has 0 fully saturated rings. The summed E-state index contributed by atoms with van der Waals surface area (Å²) < 4.78 is 6.34. The summed E-state index contributed by atoms with van der Waals surface area (Å²) in [6.07, 6.45) is 8.87. The van der Waals surface area contributed by atoms with E-state index in [-0.39, 0.29) is 0 Å². The van der Waals surface area contributed by atoms with Crippen LogP contribution in [0.25, 0.3) is 0 Å². The molecule has 1 heterocycles. The highest BCUT2D eigenvalue weighted by Crippen LogP contribution is 2.28. The Kier molecular flexibility index (Phi) is 7.35. The zero-order valence-corrected chi connectivity index (χ0v) is 18.0. The van der Waals surface area contributed by atoms with Crippen LogP contribution in [-0.2, 0) is 4.74 Å². The van der Waals surface area contributed by atoms with Crippen LogP contribution in [0.2, 0.25) is 51.4 Å². The van der Waals surface area contributed by atoms with E-state index in [1.54, 1.807) is 0 Å². The fourth-order valence-electron chi connectivity index (χ4n) is 3.45. The summed E-state index contributed by atoms with van der Waals surface area (Å²) in [4.78, 5) is 0. The molecule has 22 heavy (non-hydrogen) atoms. The second-order valence-electron chi connectivity index (χ2n) is 9.76. The summed E-state index contributed by atoms with van der Waals surface area (Å²) in [5.74, 6) is 0.688. The average molecular weight is 339 g/mol. The molecule has 1 nitrogen and oxygen atoms in total. The highest BCUT2D eigenvalue weighted by atomic mass is 28.3. The van der Waals surface area contributed by atoms with Gasteiger partial charge in [0.1, 0.15) is 0 Å². The van der Waals surface area contributed by atoms with Crippen molar-refractivity contribution < 1.29 is 4.74 Å². The zero-order valence-electron chi connectivity index (χ0n) is 16.0. The van der Waals surface area contributed by atoms with Crippen LogP contribution in [0.15, 0.2) is 24.3 Å². The number of rotatable bonds is 8. The minimum Gasteiger partial charge on any atom is -0.371 e. The standard InChI is InChI=1S/C19H38OSi2/c1-16(12-17(2)14-21(3,4)5)13-18-10-9-11-19(20-18)15-22(6,7)8/h9,11,16,18-19H,2,10,12-15H2,1,3-8H3/t16?,18-,19?/m0/s1. The van der Waals surface area contributed by atoms with Crippen molar-refractivity contribution in [3.05, 3.63) is 24.3 Å². The van der Waals surface area contributed by atoms with Gasteiger partial charge in [0.25, 0.3) is 0 Å². The molecule has 1 aliphatic rings. The summed E-state index contributed by atoms with van der Waals surface area (Å²) in [5, 5.41) is 0. The van der Waals surface area contributed by atoms with Gasteiger partial charge in [0.15, 0.2) is 0 Å². The minimum atomic E-state index is -1.05. The lowest BCUT2D eigenvalue weighted by Crippen LogP contribution is -2.32. The van der Waals surface area contributed by atoms with E-state index in [1.807, 2.05) is 0 Å². The highest BCUT2D eigenvalue weighted by Gasteiger charge is 2.25. The zero-order chi connectivity index (χ0) is 17.0. The van der Waals surface area contributed by atoms with Crippen molar-refractivity contribution in [3.63, 3.8) is 0 Å². The normalized spacial score (nSPS) is 24.3. The third-order valence-electron chi connectivity index (χ3n) is 4.01. The van der Waals surface area contributed by atoms with Crippen molar-refractivity contribution in [1.82, 2.24) is 0 Å². The van der Waals surface area contributed by atoms with Gasteiger partial charge >= 0.3 is 0 Å². The van der Waals surface area contributed by atoms with Crippen molar-refractivity contribution in [2.45, 2.75) is 89.8 Å². The number of ether oxygens (including phenoxy) is 1. The fraction of sp³-hybridized carbons (Fsp3) is 0.789. The van der Waals surface area contributed by atoms with E-state index in [0.717, 1.165) is 6.42 Å². The summed E-state index contributed by atoms with van der Waals surface area (Å²) >= 11 is 0. The van der Waals surface area contributed by atoms with Gasteiger partial charge in [0, 0.05) is 16.1 Å². The first-order chi connectivity index (χ1) is 9.94. The lowest BCUT2D eigenvalue weighted by atomic mass is 9.94. The molecule has 0 saturated heterocycles. The summed E-state index contributed by atoms with van der Waals surface area (Å²) in [5.41, 5.74) is 1.46. The van der Waals surface area contributed by atoms with Gasteiger partial charge in [-0.05, 0) is 37.3 Å². The van der Waals surface area contributed by atoms with Crippen LogP contribution in [0.4, 0.5) is 0 Å². The molecule has 1 aliphatic heterocycles. The van der Waals surface area contributed by atoms with Gasteiger partial charge < -0.3 is 4.74 Å². The van der Waals surface area contributed by atoms with Crippen LogP contribution >= 0.6 is 0 Å². The first-order valence-corrected chi connectivity index (χ1v) is 16.3. The smallest absolute Gasteiger partial charge is 0.0736 e. The van der Waals surface area contributed by atoms with Crippen molar-refractivity contribution >= 4 is 16.1 Å². The van der Waals surface area contributed by atoms with Gasteiger partial charge in [0.05, 0.1) is 12.2 Å². The predicted molar refractivity (Wildman–Crippen MR) is 106 cm³/mol. The Bertz CT molecular complexity index is 387. The van der Waals surface area contributed by atoms with Gasteiger partial charge in [-0.25, -0.2) is 0 Å². The first-order valence-electron chi connectivity index (χ1n) is 8.93. The van der Waals surface area contributed by atoms with Crippen molar-refractivity contribution in [3.8, 4) is 0 Å². The van der Waals surface area contributed by atoms with Crippen molar-refractivity contribution in [1.29, 1.82) is 0 Å². The van der Waals surface area contributed by atoms with Gasteiger partial charge in [-0.2, -0.15) is 0 Å². The van der Waals surface area contributed by atoms with Gasteiger partial charge in [-0.3, -0.25) is 0 Å². The van der Waals surface area contributed by atoms with Crippen LogP contribution in [0.3, 0.4) is 0 Å². The van der Waals surface area contributed by atoms with Crippen molar-refractivity contribution in [2.75, 3.05) is 0 Å². The van der Waals surface area contributed by atoms with Gasteiger partial charge in [-0.15, -0.1) is 6.58 Å². The van der Waals surface area contributed by atoms with E-state index in [2.05, 4.69) is 64.9 Å². The molecule has 0 radical (unpaired) electrons. The maximum atomic E-state index is 6.34. The molecule has 0 aliphatic carbocycles. The molecule has 0 amide bonds. The number of hydrogen-bond acceptors (Lipinski definition) is 1. The molecule has 0 bridgehead atoms. The lowest BCUT2D eigenvalue weighted by Gasteiger charge is -2.31. The van der Waals surface area contributed by atoms with Crippen LogP contribution in [0.5, 0.6) is 0 Å². The average Bonchev–Trinajstić information content (AvgIpc) is 2.23. The second-order valence-corrected chi connectivity index (χ2v) is 20.8. The molecule has 3 atom stereocenters. The molecule has 0 aromatic carbocycles. The van der Waals surface area contributed by atoms with Gasteiger partial charge in [0.2, 0.25) is 0 Å². The Labute approximate surface area is 141 Å². The van der Waals surface area contributed by atoms with Gasteiger partial charge in [-0.1, -0.05) is 63.9 Å². The molecule has 1 rings (SSSR count). The topological polar surface area (TPSA) is 9.23 Å². The molecule has 0 N–H and O–H groups in total. The van der Waals surface area contributed by atoms with E-state index in [0.29, 0.717) is 18.1 Å². The maximum absolute atomic E-state index is 6.34. The molecule has 2 unspecified atom stereocenters. The molecular formula is C19H38OSi2. The molecule has 0 aromatic rings. The molecular weight excluding hydrogens is 300 g/mol. The summed E-state index contributed by atoms with van der Waals surface area (Å²) in [6.45, 7) is 21.3. The summed E-state index contributed by atoms with van der Waals surface area (Å²) in [7, 11) is -2.07. The maximum Gasteiger partial charge on any atom is 0.0736 e. The Hall–Kier alpha value is -0.126. The SMILES string of the molecule is C=C(CC(C)C[C@@H]1CC=CC(C[Si](C)(C)C)O1)C[Si](C)(C)C. The highest BCUT2D eigenvalue weighted by molar-refractivity contribution is 6.76. The van der Waals surface area contributed by atoms with E-state index >= 15 is 0 Å². The Balaban J connectivity index is 2.40. The molecule has 0 saturated carbocycles. The molecule has 3 heteroatoms. The molecule has 128 valence electrons. The monoisotopic (exact) mass is 338 g/mol. The van der Waals surface area contributed by atoms with E-state index < -0.39 is 16.1 Å².